The molecule has 0 aliphatic carbocycles. The summed E-state index contributed by atoms with van der Waals surface area (Å²) in [7, 11) is 1.43. The van der Waals surface area contributed by atoms with Crippen LogP contribution < -0.4 is 5.32 Å². The molecule has 0 unspecified atom stereocenters. The second-order valence-electron chi connectivity index (χ2n) is 5.91. The van der Waals surface area contributed by atoms with Gasteiger partial charge < -0.3 is 15.2 Å². The van der Waals surface area contributed by atoms with E-state index in [1.807, 2.05) is 30.3 Å². The fourth-order valence-corrected chi connectivity index (χ4v) is 3.30. The summed E-state index contributed by atoms with van der Waals surface area (Å²) in [5, 5.41) is 14.9. The van der Waals surface area contributed by atoms with E-state index in [1.165, 1.54) is 7.11 Å². The Labute approximate surface area is 130 Å². The number of ether oxygens (including phenoxy) is 1. The minimum Gasteiger partial charge on any atom is -0.469 e. The van der Waals surface area contributed by atoms with Gasteiger partial charge in [0, 0.05) is 19.2 Å². The summed E-state index contributed by atoms with van der Waals surface area (Å²) in [6.45, 7) is 0.886. The minimum absolute atomic E-state index is 0.00534. The van der Waals surface area contributed by atoms with E-state index in [1.54, 1.807) is 0 Å². The van der Waals surface area contributed by atoms with Crippen LogP contribution in [0, 0.1) is 5.92 Å². The summed E-state index contributed by atoms with van der Waals surface area (Å²) in [6.07, 6.45) is 0.781. The van der Waals surface area contributed by atoms with E-state index in [4.69, 9.17) is 4.74 Å². The molecule has 2 aromatic carbocycles. The molecule has 0 bridgehead atoms. The van der Waals surface area contributed by atoms with Crippen molar-refractivity contribution in [1.82, 2.24) is 5.32 Å². The van der Waals surface area contributed by atoms with Gasteiger partial charge >= 0.3 is 5.97 Å². The Morgan fingerprint density at radius 2 is 2.09 bits per heavy atom. The highest BCUT2D eigenvalue weighted by molar-refractivity contribution is 5.86. The number of nitrogens with one attached hydrogen (secondary N) is 1. The molecule has 3 atom stereocenters. The lowest BCUT2D eigenvalue weighted by molar-refractivity contribution is -0.143. The van der Waals surface area contributed by atoms with Crippen LogP contribution in [0.3, 0.4) is 0 Å². The molecule has 0 radical (unpaired) electrons. The van der Waals surface area contributed by atoms with Crippen molar-refractivity contribution in [3.63, 3.8) is 0 Å². The molecule has 2 aromatic rings. The Balaban J connectivity index is 1.95. The zero-order chi connectivity index (χ0) is 15.5. The SMILES string of the molecule is COC(=O)[C@H](c1ccc2ccccc2c1)[C@@H]1C[C@@H](CO)CN1. The zero-order valence-corrected chi connectivity index (χ0v) is 12.7. The molecule has 116 valence electrons. The van der Waals surface area contributed by atoms with Crippen LogP contribution in [-0.2, 0) is 9.53 Å². The van der Waals surface area contributed by atoms with Crippen molar-refractivity contribution in [2.24, 2.45) is 5.92 Å². The van der Waals surface area contributed by atoms with Gasteiger partial charge in [0.15, 0.2) is 0 Å². The number of aliphatic hydroxyl groups excluding tert-OH is 1. The molecule has 4 heteroatoms. The van der Waals surface area contributed by atoms with Crippen molar-refractivity contribution in [2.45, 2.75) is 18.4 Å². The second kappa shape index (κ2) is 6.46. The maximum absolute atomic E-state index is 12.3. The zero-order valence-electron chi connectivity index (χ0n) is 12.7. The van der Waals surface area contributed by atoms with E-state index in [0.717, 1.165) is 29.3 Å². The summed E-state index contributed by atoms with van der Waals surface area (Å²) < 4.78 is 5.02. The van der Waals surface area contributed by atoms with Crippen molar-refractivity contribution in [3.8, 4) is 0 Å². The summed E-state index contributed by atoms with van der Waals surface area (Å²) in [5.41, 5.74) is 0.960. The Hall–Kier alpha value is -1.91. The van der Waals surface area contributed by atoms with Crippen LogP contribution in [0.25, 0.3) is 10.8 Å². The molecular formula is C18H21NO3. The van der Waals surface area contributed by atoms with Gasteiger partial charge in [0.2, 0.25) is 0 Å². The van der Waals surface area contributed by atoms with Gasteiger partial charge in [-0.05, 0) is 28.7 Å². The number of carbonyl (C=O) groups is 1. The first-order chi connectivity index (χ1) is 10.7. The van der Waals surface area contributed by atoms with Crippen molar-refractivity contribution in [1.29, 1.82) is 0 Å². The largest absolute Gasteiger partial charge is 0.469 e. The molecule has 2 N–H and O–H groups in total. The monoisotopic (exact) mass is 299 g/mol. The maximum atomic E-state index is 12.3. The molecule has 1 aliphatic heterocycles. The lowest BCUT2D eigenvalue weighted by Crippen LogP contribution is -2.34. The van der Waals surface area contributed by atoms with Crippen LogP contribution in [0.5, 0.6) is 0 Å². The molecule has 1 heterocycles. The Morgan fingerprint density at radius 3 is 2.77 bits per heavy atom. The molecule has 1 aliphatic rings. The summed E-state index contributed by atoms with van der Waals surface area (Å²) in [5.74, 6) is -0.366. The Kier molecular flexibility index (Phi) is 4.41. The van der Waals surface area contributed by atoms with E-state index in [2.05, 4.69) is 17.4 Å². The number of carbonyl (C=O) groups excluding carboxylic acids is 1. The first-order valence-corrected chi connectivity index (χ1v) is 7.63. The van der Waals surface area contributed by atoms with E-state index in [0.29, 0.717) is 0 Å². The van der Waals surface area contributed by atoms with Gasteiger partial charge in [-0.25, -0.2) is 0 Å². The van der Waals surface area contributed by atoms with Gasteiger partial charge in [-0.15, -0.1) is 0 Å². The van der Waals surface area contributed by atoms with Crippen LogP contribution >= 0.6 is 0 Å². The first kappa shape index (κ1) is 15.0. The van der Waals surface area contributed by atoms with E-state index in [9.17, 15) is 9.90 Å². The third-order valence-electron chi connectivity index (χ3n) is 4.50. The summed E-state index contributed by atoms with van der Waals surface area (Å²) in [4.78, 5) is 12.3. The van der Waals surface area contributed by atoms with Crippen LogP contribution in [0.4, 0.5) is 0 Å². The minimum atomic E-state index is -0.342. The second-order valence-corrected chi connectivity index (χ2v) is 5.91. The fraction of sp³-hybridized carbons (Fsp3) is 0.389. The number of methoxy groups -OCH3 is 1. The molecule has 0 aromatic heterocycles. The lowest BCUT2D eigenvalue weighted by atomic mass is 9.87. The topological polar surface area (TPSA) is 58.6 Å². The number of rotatable bonds is 4. The molecule has 0 spiro atoms. The molecule has 1 fully saturated rings. The standard InChI is InChI=1S/C18H21NO3/c1-22-18(21)17(16-8-12(11-20)10-19-16)15-7-6-13-4-2-3-5-14(13)9-15/h2-7,9,12,16-17,19-20H,8,10-11H2,1H3/t12-,16+,17-/m1/s1. The molecule has 0 amide bonds. The Bertz CT molecular complexity index is 670. The normalized spacial score (nSPS) is 22.6. The average molecular weight is 299 g/mol. The van der Waals surface area contributed by atoms with Gasteiger partial charge in [-0.3, -0.25) is 4.79 Å². The molecule has 22 heavy (non-hydrogen) atoms. The van der Waals surface area contributed by atoms with Crippen molar-refractivity contribution in [2.75, 3.05) is 20.3 Å². The van der Waals surface area contributed by atoms with Gasteiger partial charge in [-0.2, -0.15) is 0 Å². The van der Waals surface area contributed by atoms with Gasteiger partial charge in [0.1, 0.15) is 0 Å². The molecule has 0 saturated carbocycles. The molecule has 1 saturated heterocycles. The predicted octanol–water partition coefficient (Wildman–Crippen LogP) is 2.07. The van der Waals surface area contributed by atoms with Crippen LogP contribution in [0.15, 0.2) is 42.5 Å². The van der Waals surface area contributed by atoms with E-state index >= 15 is 0 Å². The van der Waals surface area contributed by atoms with E-state index in [-0.39, 0.29) is 30.5 Å². The van der Waals surface area contributed by atoms with Crippen LogP contribution in [0.2, 0.25) is 0 Å². The van der Waals surface area contributed by atoms with Gasteiger partial charge in [-0.1, -0.05) is 42.5 Å². The van der Waals surface area contributed by atoms with Crippen LogP contribution in [0.1, 0.15) is 17.9 Å². The van der Waals surface area contributed by atoms with Gasteiger partial charge in [0.05, 0.1) is 13.0 Å². The highest BCUT2D eigenvalue weighted by Gasteiger charge is 2.36. The Morgan fingerprint density at radius 1 is 1.32 bits per heavy atom. The predicted molar refractivity (Wildman–Crippen MR) is 85.7 cm³/mol. The average Bonchev–Trinajstić information content (AvgIpc) is 3.03. The number of aliphatic hydroxyl groups is 1. The molecule has 4 nitrogen and oxygen atoms in total. The van der Waals surface area contributed by atoms with Gasteiger partial charge in [0.25, 0.3) is 0 Å². The van der Waals surface area contributed by atoms with E-state index < -0.39 is 0 Å². The van der Waals surface area contributed by atoms with Crippen molar-refractivity contribution < 1.29 is 14.6 Å². The highest BCUT2D eigenvalue weighted by atomic mass is 16.5. The fourth-order valence-electron chi connectivity index (χ4n) is 3.30. The lowest BCUT2D eigenvalue weighted by Gasteiger charge is -2.22. The quantitative estimate of drug-likeness (QED) is 0.849. The first-order valence-electron chi connectivity index (χ1n) is 7.63. The third kappa shape index (κ3) is 2.85. The molecular weight excluding hydrogens is 278 g/mol. The smallest absolute Gasteiger partial charge is 0.314 e. The number of hydrogen-bond donors (Lipinski definition) is 2. The number of benzene rings is 2. The highest BCUT2D eigenvalue weighted by Crippen LogP contribution is 2.30. The molecule has 3 rings (SSSR count). The number of esters is 1. The maximum Gasteiger partial charge on any atom is 0.314 e. The van der Waals surface area contributed by atoms with Crippen molar-refractivity contribution >= 4 is 16.7 Å². The summed E-state index contributed by atoms with van der Waals surface area (Å²) in [6, 6.07) is 14.2. The third-order valence-corrected chi connectivity index (χ3v) is 4.50. The van der Waals surface area contributed by atoms with Crippen LogP contribution in [-0.4, -0.2) is 37.4 Å². The number of fused-ring (bicyclic) bond motifs is 1. The summed E-state index contributed by atoms with van der Waals surface area (Å²) >= 11 is 0. The van der Waals surface area contributed by atoms with Crippen molar-refractivity contribution in [3.05, 3.63) is 48.0 Å². The number of hydrogen-bond acceptors (Lipinski definition) is 4.